The number of carbonyl (C=O) groups excluding carboxylic acids is 1. The molecule has 0 aliphatic carbocycles. The summed E-state index contributed by atoms with van der Waals surface area (Å²) < 4.78 is 5.51. The minimum atomic E-state index is -0.353. The van der Waals surface area contributed by atoms with Gasteiger partial charge in [0.2, 0.25) is 0 Å². The van der Waals surface area contributed by atoms with Crippen molar-refractivity contribution >= 4 is 11.7 Å². The molecule has 1 saturated heterocycles. The number of amidine groups is 1. The summed E-state index contributed by atoms with van der Waals surface area (Å²) >= 11 is 0. The molecule has 7 heteroatoms. The van der Waals surface area contributed by atoms with Gasteiger partial charge in [-0.1, -0.05) is 17.3 Å². The maximum Gasteiger partial charge on any atom is 0.254 e. The Kier molecular flexibility index (Phi) is 4.77. The molecular formula is C14H19N3O4. The maximum absolute atomic E-state index is 12.4. The number of hydrogen-bond donors (Lipinski definition) is 3. The predicted molar refractivity (Wildman–Crippen MR) is 76.3 cm³/mol. The van der Waals surface area contributed by atoms with Gasteiger partial charge in [0.05, 0.1) is 18.8 Å². The summed E-state index contributed by atoms with van der Waals surface area (Å²) in [6, 6.07) is 6.50. The summed E-state index contributed by atoms with van der Waals surface area (Å²) in [7, 11) is 0. The highest BCUT2D eigenvalue weighted by atomic mass is 16.5. The van der Waals surface area contributed by atoms with E-state index in [2.05, 4.69) is 5.16 Å². The average molecular weight is 293 g/mol. The molecule has 0 aromatic heterocycles. The number of oxime groups is 1. The fourth-order valence-corrected chi connectivity index (χ4v) is 2.34. The van der Waals surface area contributed by atoms with Crippen LogP contribution in [0, 0.1) is 0 Å². The molecule has 2 rings (SSSR count). The Bertz CT molecular complexity index is 530. The van der Waals surface area contributed by atoms with Crippen LogP contribution in [0.3, 0.4) is 0 Å². The van der Waals surface area contributed by atoms with Crippen LogP contribution in [-0.4, -0.2) is 58.9 Å². The van der Waals surface area contributed by atoms with Crippen LogP contribution in [0.4, 0.5) is 0 Å². The van der Waals surface area contributed by atoms with E-state index in [9.17, 15) is 9.90 Å². The van der Waals surface area contributed by atoms with Crippen LogP contribution in [0.2, 0.25) is 0 Å². The molecule has 1 aliphatic heterocycles. The third-order valence-electron chi connectivity index (χ3n) is 3.35. The van der Waals surface area contributed by atoms with Crippen LogP contribution >= 0.6 is 0 Å². The van der Waals surface area contributed by atoms with Crippen LogP contribution in [0.1, 0.15) is 22.8 Å². The Morgan fingerprint density at radius 3 is 2.57 bits per heavy atom. The number of nitrogens with two attached hydrogens (primary N) is 1. The summed E-state index contributed by atoms with van der Waals surface area (Å²) in [5.41, 5.74) is 6.53. The monoisotopic (exact) mass is 293 g/mol. The largest absolute Gasteiger partial charge is 0.409 e. The number of morpholine rings is 1. The molecule has 1 amide bonds. The Balaban J connectivity index is 2.12. The molecule has 0 bridgehead atoms. The van der Waals surface area contributed by atoms with Crippen molar-refractivity contribution < 1.29 is 19.8 Å². The van der Waals surface area contributed by atoms with Gasteiger partial charge >= 0.3 is 0 Å². The van der Waals surface area contributed by atoms with E-state index in [1.54, 1.807) is 29.2 Å². The summed E-state index contributed by atoms with van der Waals surface area (Å²) in [6.45, 7) is 2.60. The lowest BCUT2D eigenvalue weighted by Gasteiger charge is -2.36. The zero-order valence-corrected chi connectivity index (χ0v) is 11.8. The normalized spacial score (nSPS) is 23.1. The number of aliphatic hydroxyl groups excluding tert-OH is 1. The molecular weight excluding hydrogens is 274 g/mol. The minimum absolute atomic E-state index is 0.00524. The van der Waals surface area contributed by atoms with E-state index in [1.807, 2.05) is 6.92 Å². The number of nitrogens with zero attached hydrogens (tertiary/aromatic N) is 2. The highest BCUT2D eigenvalue weighted by Crippen LogP contribution is 2.15. The molecule has 0 spiro atoms. The summed E-state index contributed by atoms with van der Waals surface area (Å²) in [6.07, 6.45) is -0.467. The number of aliphatic hydroxyl groups is 1. The van der Waals surface area contributed by atoms with Gasteiger partial charge < -0.3 is 25.7 Å². The van der Waals surface area contributed by atoms with Crippen LogP contribution in [0.15, 0.2) is 29.4 Å². The first-order chi connectivity index (χ1) is 10.0. The third-order valence-corrected chi connectivity index (χ3v) is 3.35. The maximum atomic E-state index is 12.4. The standard InChI is InChI=1S/C14H19N3O4/c1-9-6-17(7-12(8-18)21-9)14(19)11-4-2-10(3-5-11)13(15)16-20/h2-5,9,12,18,20H,6-8H2,1H3,(H2,15,16). The number of rotatable bonds is 3. The van der Waals surface area contributed by atoms with Crippen molar-refractivity contribution in [3.63, 3.8) is 0 Å². The van der Waals surface area contributed by atoms with Crippen molar-refractivity contribution in [1.29, 1.82) is 0 Å². The molecule has 1 fully saturated rings. The zero-order valence-electron chi connectivity index (χ0n) is 11.8. The minimum Gasteiger partial charge on any atom is -0.409 e. The molecule has 1 heterocycles. The Hall–Kier alpha value is -2.12. The molecule has 2 atom stereocenters. The molecule has 0 radical (unpaired) electrons. The number of ether oxygens (including phenoxy) is 1. The van der Waals surface area contributed by atoms with Crippen molar-refractivity contribution in [3.8, 4) is 0 Å². The summed E-state index contributed by atoms with van der Waals surface area (Å²) in [5, 5.41) is 20.7. The fraction of sp³-hybridized carbons (Fsp3) is 0.429. The highest BCUT2D eigenvalue weighted by molar-refractivity contribution is 5.99. The number of benzene rings is 1. The average Bonchev–Trinajstić information content (AvgIpc) is 2.52. The van der Waals surface area contributed by atoms with Gasteiger partial charge in [-0.25, -0.2) is 0 Å². The van der Waals surface area contributed by atoms with E-state index in [0.717, 1.165) is 0 Å². The van der Waals surface area contributed by atoms with E-state index in [-0.39, 0.29) is 30.6 Å². The molecule has 1 aromatic carbocycles. The van der Waals surface area contributed by atoms with Crippen molar-refractivity contribution in [1.82, 2.24) is 4.90 Å². The fourth-order valence-electron chi connectivity index (χ4n) is 2.34. The van der Waals surface area contributed by atoms with E-state index < -0.39 is 0 Å². The molecule has 2 unspecified atom stereocenters. The quantitative estimate of drug-likeness (QED) is 0.315. The molecule has 0 saturated carbocycles. The zero-order chi connectivity index (χ0) is 15.4. The predicted octanol–water partition coefficient (Wildman–Crippen LogP) is 0.00290. The van der Waals surface area contributed by atoms with Gasteiger partial charge in [0, 0.05) is 24.2 Å². The van der Waals surface area contributed by atoms with Gasteiger partial charge in [0.15, 0.2) is 5.84 Å². The van der Waals surface area contributed by atoms with Crippen LogP contribution in [0.25, 0.3) is 0 Å². The van der Waals surface area contributed by atoms with Crippen molar-refractivity contribution in [2.45, 2.75) is 19.1 Å². The second-order valence-electron chi connectivity index (χ2n) is 5.02. The Morgan fingerprint density at radius 2 is 2.00 bits per heavy atom. The van der Waals surface area contributed by atoms with E-state index in [1.165, 1.54) is 0 Å². The molecule has 1 aliphatic rings. The van der Waals surface area contributed by atoms with Gasteiger partial charge in [-0.3, -0.25) is 4.79 Å². The first kappa shape index (κ1) is 15.3. The highest BCUT2D eigenvalue weighted by Gasteiger charge is 2.28. The summed E-state index contributed by atoms with van der Waals surface area (Å²) in [5.74, 6) is -0.135. The van der Waals surface area contributed by atoms with E-state index in [4.69, 9.17) is 15.7 Å². The van der Waals surface area contributed by atoms with Gasteiger partial charge in [0.25, 0.3) is 5.91 Å². The Labute approximate surface area is 122 Å². The van der Waals surface area contributed by atoms with Gasteiger partial charge in [-0.05, 0) is 19.1 Å². The van der Waals surface area contributed by atoms with E-state index in [0.29, 0.717) is 24.2 Å². The second-order valence-corrected chi connectivity index (χ2v) is 5.02. The second kappa shape index (κ2) is 6.55. The molecule has 21 heavy (non-hydrogen) atoms. The van der Waals surface area contributed by atoms with Crippen molar-refractivity contribution in [2.24, 2.45) is 10.9 Å². The third kappa shape index (κ3) is 3.50. The SMILES string of the molecule is CC1CN(C(=O)c2ccc(/C(N)=N/O)cc2)CC(CO)O1. The Morgan fingerprint density at radius 1 is 1.38 bits per heavy atom. The number of carbonyl (C=O) groups is 1. The van der Waals surface area contributed by atoms with Gasteiger partial charge in [0.1, 0.15) is 0 Å². The molecule has 7 nitrogen and oxygen atoms in total. The summed E-state index contributed by atoms with van der Waals surface area (Å²) in [4.78, 5) is 14.1. The van der Waals surface area contributed by atoms with Crippen LogP contribution < -0.4 is 5.73 Å². The lowest BCUT2D eigenvalue weighted by atomic mass is 10.1. The topological polar surface area (TPSA) is 108 Å². The van der Waals surface area contributed by atoms with Gasteiger partial charge in [-0.2, -0.15) is 0 Å². The van der Waals surface area contributed by atoms with Crippen LogP contribution in [0.5, 0.6) is 0 Å². The van der Waals surface area contributed by atoms with Crippen LogP contribution in [-0.2, 0) is 4.74 Å². The molecule has 1 aromatic rings. The first-order valence-corrected chi connectivity index (χ1v) is 6.68. The van der Waals surface area contributed by atoms with Crippen molar-refractivity contribution in [2.75, 3.05) is 19.7 Å². The van der Waals surface area contributed by atoms with Crippen molar-refractivity contribution in [3.05, 3.63) is 35.4 Å². The number of amides is 1. The molecule has 4 N–H and O–H groups in total. The lowest BCUT2D eigenvalue weighted by molar-refractivity contribution is -0.0858. The lowest BCUT2D eigenvalue weighted by Crippen LogP contribution is -2.50. The first-order valence-electron chi connectivity index (χ1n) is 6.68. The van der Waals surface area contributed by atoms with Gasteiger partial charge in [-0.15, -0.1) is 0 Å². The smallest absolute Gasteiger partial charge is 0.254 e. The number of hydrogen-bond acceptors (Lipinski definition) is 5. The molecule has 114 valence electrons. The van der Waals surface area contributed by atoms with E-state index >= 15 is 0 Å².